The number of likely N-dealkylation sites (tertiary alicyclic amines) is 1. The van der Waals surface area contributed by atoms with Crippen LogP contribution < -0.4 is 0 Å². The zero-order valence-electron chi connectivity index (χ0n) is 16.3. The minimum atomic E-state index is -4.40. The Bertz CT molecular complexity index is 794. The van der Waals surface area contributed by atoms with E-state index in [-0.39, 0.29) is 5.82 Å². The molecule has 29 heavy (non-hydrogen) atoms. The molecule has 1 aromatic carbocycles. The Balaban J connectivity index is 1.30. The first-order valence-corrected chi connectivity index (χ1v) is 10.4. The minimum Gasteiger partial charge on any atom is -0.375 e. The van der Waals surface area contributed by atoms with Gasteiger partial charge in [-0.05, 0) is 37.8 Å². The summed E-state index contributed by atoms with van der Waals surface area (Å²) in [6.45, 7) is 2.28. The van der Waals surface area contributed by atoms with Crippen molar-refractivity contribution in [3.63, 3.8) is 0 Å². The Morgan fingerprint density at radius 1 is 1.03 bits per heavy atom. The van der Waals surface area contributed by atoms with Crippen LogP contribution in [0.3, 0.4) is 0 Å². The molecule has 1 aliphatic carbocycles. The number of piperidine rings is 1. The SMILES string of the molecule is FC(F)(F)c1cccc(-c2noc(CN3CCC(OC4CCCCC4)CC3)n2)c1. The summed E-state index contributed by atoms with van der Waals surface area (Å²) in [5.41, 5.74) is -0.421. The van der Waals surface area contributed by atoms with Gasteiger partial charge in [0.05, 0.1) is 24.3 Å². The lowest BCUT2D eigenvalue weighted by Crippen LogP contribution is -2.38. The molecule has 0 unspecified atom stereocenters. The Morgan fingerprint density at radius 3 is 2.48 bits per heavy atom. The maximum Gasteiger partial charge on any atom is 0.416 e. The van der Waals surface area contributed by atoms with Gasteiger partial charge in [-0.25, -0.2) is 0 Å². The predicted octanol–water partition coefficient (Wildman–Crippen LogP) is 5.07. The third kappa shape index (κ3) is 5.36. The van der Waals surface area contributed by atoms with Crippen LogP contribution in [0.2, 0.25) is 0 Å². The quantitative estimate of drug-likeness (QED) is 0.690. The number of hydrogen-bond donors (Lipinski definition) is 0. The molecule has 1 saturated heterocycles. The summed E-state index contributed by atoms with van der Waals surface area (Å²) in [7, 11) is 0. The third-order valence-electron chi connectivity index (χ3n) is 5.75. The summed E-state index contributed by atoms with van der Waals surface area (Å²) >= 11 is 0. The van der Waals surface area contributed by atoms with E-state index in [4.69, 9.17) is 9.26 Å². The summed E-state index contributed by atoms with van der Waals surface area (Å²) in [5, 5.41) is 3.86. The highest BCUT2D eigenvalue weighted by molar-refractivity contribution is 5.55. The summed E-state index contributed by atoms with van der Waals surface area (Å²) in [5.74, 6) is 0.602. The average molecular weight is 409 g/mol. The van der Waals surface area contributed by atoms with Crippen molar-refractivity contribution in [3.05, 3.63) is 35.7 Å². The molecule has 0 atom stereocenters. The number of aromatic nitrogens is 2. The van der Waals surface area contributed by atoms with Crippen LogP contribution in [0, 0.1) is 0 Å². The fourth-order valence-corrected chi connectivity index (χ4v) is 4.14. The van der Waals surface area contributed by atoms with Gasteiger partial charge in [0, 0.05) is 18.7 Å². The molecule has 1 saturated carbocycles. The highest BCUT2D eigenvalue weighted by Crippen LogP contribution is 2.31. The van der Waals surface area contributed by atoms with Gasteiger partial charge in [-0.15, -0.1) is 0 Å². The first-order chi connectivity index (χ1) is 14.0. The Kier molecular flexibility index (Phi) is 6.20. The van der Waals surface area contributed by atoms with Crippen LogP contribution in [0.5, 0.6) is 0 Å². The highest BCUT2D eigenvalue weighted by Gasteiger charge is 2.31. The van der Waals surface area contributed by atoms with Gasteiger partial charge in [0.25, 0.3) is 0 Å². The standard InChI is InChI=1S/C21H26F3N3O2/c22-21(23,24)16-6-4-5-15(13-16)20-25-19(29-26-20)14-27-11-9-18(10-12-27)28-17-7-2-1-3-8-17/h4-6,13,17-18H,1-3,7-12,14H2. The first-order valence-electron chi connectivity index (χ1n) is 10.4. The van der Waals surface area contributed by atoms with Crippen LogP contribution in [-0.4, -0.2) is 40.3 Å². The van der Waals surface area contributed by atoms with E-state index in [0.717, 1.165) is 38.1 Å². The van der Waals surface area contributed by atoms with Crippen molar-refractivity contribution < 1.29 is 22.4 Å². The van der Waals surface area contributed by atoms with Crippen LogP contribution in [0.1, 0.15) is 56.4 Å². The summed E-state index contributed by atoms with van der Waals surface area (Å²) in [6, 6.07) is 4.98. The molecule has 1 aliphatic heterocycles. The molecule has 2 fully saturated rings. The molecular weight excluding hydrogens is 383 g/mol. The molecule has 0 bridgehead atoms. The molecule has 0 spiro atoms. The number of hydrogen-bond acceptors (Lipinski definition) is 5. The number of nitrogens with zero attached hydrogens (tertiary/aromatic N) is 3. The van der Waals surface area contributed by atoms with Crippen molar-refractivity contribution in [3.8, 4) is 11.4 Å². The monoisotopic (exact) mass is 409 g/mol. The van der Waals surface area contributed by atoms with Crippen LogP contribution >= 0.6 is 0 Å². The van der Waals surface area contributed by atoms with Crippen molar-refractivity contribution in [1.29, 1.82) is 0 Å². The first kappa shape index (κ1) is 20.3. The molecule has 0 amide bonds. The van der Waals surface area contributed by atoms with Crippen molar-refractivity contribution in [2.45, 2.75) is 69.9 Å². The molecule has 2 heterocycles. The zero-order valence-corrected chi connectivity index (χ0v) is 16.3. The molecule has 0 radical (unpaired) electrons. The molecule has 1 aromatic heterocycles. The lowest BCUT2D eigenvalue weighted by molar-refractivity contribution is -0.137. The second-order valence-electron chi connectivity index (χ2n) is 7.96. The van der Waals surface area contributed by atoms with Gasteiger partial charge in [-0.2, -0.15) is 18.2 Å². The van der Waals surface area contributed by atoms with Crippen LogP contribution in [0.4, 0.5) is 13.2 Å². The van der Waals surface area contributed by atoms with Gasteiger partial charge >= 0.3 is 6.18 Å². The molecule has 4 rings (SSSR count). The number of rotatable bonds is 5. The minimum absolute atomic E-state index is 0.182. The van der Waals surface area contributed by atoms with Gasteiger partial charge in [0.1, 0.15) is 0 Å². The summed E-state index contributed by atoms with van der Waals surface area (Å²) in [6.07, 6.45) is 4.53. The highest BCUT2D eigenvalue weighted by atomic mass is 19.4. The Morgan fingerprint density at radius 2 is 1.76 bits per heavy atom. The number of alkyl halides is 3. The maximum atomic E-state index is 12.9. The number of benzene rings is 1. The molecule has 5 nitrogen and oxygen atoms in total. The molecule has 8 heteroatoms. The maximum absolute atomic E-state index is 12.9. The molecule has 2 aliphatic rings. The molecular formula is C21H26F3N3O2. The normalized spacial score (nSPS) is 20.2. The van der Waals surface area contributed by atoms with E-state index < -0.39 is 11.7 Å². The van der Waals surface area contributed by atoms with E-state index in [9.17, 15) is 13.2 Å². The van der Waals surface area contributed by atoms with Gasteiger partial charge in [0.15, 0.2) is 0 Å². The van der Waals surface area contributed by atoms with E-state index in [1.807, 2.05) is 0 Å². The van der Waals surface area contributed by atoms with Gasteiger partial charge in [0.2, 0.25) is 11.7 Å². The largest absolute Gasteiger partial charge is 0.416 e. The predicted molar refractivity (Wildman–Crippen MR) is 101 cm³/mol. The molecule has 158 valence electrons. The van der Waals surface area contributed by atoms with E-state index in [1.54, 1.807) is 6.07 Å². The van der Waals surface area contributed by atoms with Crippen LogP contribution in [-0.2, 0) is 17.5 Å². The summed E-state index contributed by atoms with van der Waals surface area (Å²) in [4.78, 5) is 6.52. The Hall–Kier alpha value is -1.93. The van der Waals surface area contributed by atoms with Crippen molar-refractivity contribution in [1.82, 2.24) is 15.0 Å². The zero-order chi connectivity index (χ0) is 20.3. The number of halogens is 3. The van der Waals surface area contributed by atoms with Gasteiger partial charge in [-0.1, -0.05) is 36.6 Å². The number of ether oxygens (including phenoxy) is 1. The smallest absolute Gasteiger partial charge is 0.375 e. The van der Waals surface area contributed by atoms with Crippen molar-refractivity contribution in [2.24, 2.45) is 0 Å². The van der Waals surface area contributed by atoms with Crippen LogP contribution in [0.25, 0.3) is 11.4 Å². The molecule has 2 aromatic rings. The second kappa shape index (κ2) is 8.83. The van der Waals surface area contributed by atoms with E-state index in [1.165, 1.54) is 38.2 Å². The van der Waals surface area contributed by atoms with E-state index in [2.05, 4.69) is 15.0 Å². The lowest BCUT2D eigenvalue weighted by atomic mass is 9.97. The fourth-order valence-electron chi connectivity index (χ4n) is 4.14. The van der Waals surface area contributed by atoms with Gasteiger partial charge in [-0.3, -0.25) is 4.90 Å². The topological polar surface area (TPSA) is 51.4 Å². The van der Waals surface area contributed by atoms with E-state index >= 15 is 0 Å². The van der Waals surface area contributed by atoms with Gasteiger partial charge < -0.3 is 9.26 Å². The lowest BCUT2D eigenvalue weighted by Gasteiger charge is -2.34. The second-order valence-corrected chi connectivity index (χ2v) is 7.96. The third-order valence-corrected chi connectivity index (χ3v) is 5.75. The van der Waals surface area contributed by atoms with Crippen molar-refractivity contribution in [2.75, 3.05) is 13.1 Å². The molecule has 0 N–H and O–H groups in total. The summed E-state index contributed by atoms with van der Waals surface area (Å²) < 4.78 is 50.2. The average Bonchev–Trinajstić information content (AvgIpc) is 3.18. The Labute approximate surface area is 168 Å². The van der Waals surface area contributed by atoms with Crippen LogP contribution in [0.15, 0.2) is 28.8 Å². The fraction of sp³-hybridized carbons (Fsp3) is 0.619. The van der Waals surface area contributed by atoms with Crippen molar-refractivity contribution >= 4 is 0 Å². The van der Waals surface area contributed by atoms with E-state index in [0.29, 0.717) is 30.2 Å².